The van der Waals surface area contributed by atoms with Gasteiger partial charge < -0.3 is 9.47 Å². The molecule has 0 saturated heterocycles. The van der Waals surface area contributed by atoms with Gasteiger partial charge in [0.15, 0.2) is 0 Å². The van der Waals surface area contributed by atoms with Crippen molar-refractivity contribution in [2.45, 2.75) is 19.1 Å². The Morgan fingerprint density at radius 2 is 1.86 bits per heavy atom. The van der Waals surface area contributed by atoms with E-state index in [2.05, 4.69) is 0 Å². The normalized spacial score (nSPS) is 17.0. The molecule has 1 atom stereocenters. The van der Waals surface area contributed by atoms with Crippen molar-refractivity contribution in [2.24, 2.45) is 0 Å². The molecule has 0 fully saturated rings. The van der Waals surface area contributed by atoms with Crippen LogP contribution in [0.15, 0.2) is 54.6 Å². The zero-order chi connectivity index (χ0) is 15.4. The van der Waals surface area contributed by atoms with E-state index in [4.69, 9.17) is 9.47 Å². The average molecular weight is 297 g/mol. The molecule has 2 aromatic rings. The molecule has 3 rings (SSSR count). The Morgan fingerprint density at radius 1 is 1.14 bits per heavy atom. The quantitative estimate of drug-likeness (QED) is 0.862. The number of carbonyl (C=O) groups excluding carboxylic acids is 1. The van der Waals surface area contributed by atoms with Gasteiger partial charge in [-0.3, -0.25) is 4.90 Å². The number of fused-ring (bicyclic) bond motifs is 1. The Morgan fingerprint density at radius 3 is 2.64 bits per heavy atom. The third-order valence-corrected chi connectivity index (χ3v) is 3.90. The molecule has 0 N–H and O–H groups in total. The summed E-state index contributed by atoms with van der Waals surface area (Å²) in [4.78, 5) is 14.1. The highest BCUT2D eigenvalue weighted by molar-refractivity contribution is 5.89. The number of amides is 1. The lowest BCUT2D eigenvalue weighted by Gasteiger charge is -2.32. The number of benzene rings is 2. The molecule has 4 heteroatoms. The van der Waals surface area contributed by atoms with Gasteiger partial charge in [0.2, 0.25) is 0 Å². The number of nitrogens with zero attached hydrogens (tertiary/aromatic N) is 1. The maximum atomic E-state index is 12.4. The lowest BCUT2D eigenvalue weighted by Crippen LogP contribution is -2.37. The monoisotopic (exact) mass is 297 g/mol. The standard InChI is InChI=1S/C18H19NO3/c1-21-17-11-12-19(16-10-6-5-9-15(16)17)18(20)22-13-14-7-3-2-4-8-14/h2-10,17H,11-13H2,1H3. The molecule has 0 spiro atoms. The van der Waals surface area contributed by atoms with Gasteiger partial charge in [-0.25, -0.2) is 4.79 Å². The molecule has 1 unspecified atom stereocenters. The van der Waals surface area contributed by atoms with Crippen molar-refractivity contribution < 1.29 is 14.3 Å². The Kier molecular flexibility index (Phi) is 4.39. The molecular weight excluding hydrogens is 278 g/mol. The van der Waals surface area contributed by atoms with Crippen LogP contribution in [-0.4, -0.2) is 19.7 Å². The van der Waals surface area contributed by atoms with E-state index in [0.29, 0.717) is 6.54 Å². The van der Waals surface area contributed by atoms with Crippen molar-refractivity contribution in [3.63, 3.8) is 0 Å². The van der Waals surface area contributed by atoms with E-state index in [1.54, 1.807) is 12.0 Å². The summed E-state index contributed by atoms with van der Waals surface area (Å²) in [5.41, 5.74) is 2.89. The number of hydrogen-bond donors (Lipinski definition) is 0. The highest BCUT2D eigenvalue weighted by atomic mass is 16.6. The van der Waals surface area contributed by atoms with E-state index >= 15 is 0 Å². The van der Waals surface area contributed by atoms with Crippen molar-refractivity contribution in [3.05, 3.63) is 65.7 Å². The minimum absolute atomic E-state index is 0.0365. The molecule has 2 aromatic carbocycles. The van der Waals surface area contributed by atoms with Gasteiger partial charge in [0.05, 0.1) is 11.8 Å². The minimum Gasteiger partial charge on any atom is -0.444 e. The summed E-state index contributed by atoms with van der Waals surface area (Å²) < 4.78 is 10.9. The lowest BCUT2D eigenvalue weighted by atomic mass is 9.99. The number of ether oxygens (including phenoxy) is 2. The van der Waals surface area contributed by atoms with E-state index in [0.717, 1.165) is 23.2 Å². The zero-order valence-electron chi connectivity index (χ0n) is 12.6. The maximum absolute atomic E-state index is 12.4. The SMILES string of the molecule is COC1CCN(C(=O)OCc2ccccc2)c2ccccc21. The van der Waals surface area contributed by atoms with E-state index in [1.165, 1.54) is 0 Å². The van der Waals surface area contributed by atoms with E-state index in [-0.39, 0.29) is 18.8 Å². The summed E-state index contributed by atoms with van der Waals surface area (Å²) in [6.07, 6.45) is 0.494. The molecule has 1 heterocycles. The van der Waals surface area contributed by atoms with Crippen molar-refractivity contribution in [3.8, 4) is 0 Å². The average Bonchev–Trinajstić information content (AvgIpc) is 2.59. The van der Waals surface area contributed by atoms with E-state index in [1.807, 2.05) is 54.6 Å². The minimum atomic E-state index is -0.314. The van der Waals surface area contributed by atoms with E-state index in [9.17, 15) is 4.79 Å². The van der Waals surface area contributed by atoms with Gasteiger partial charge in [-0.15, -0.1) is 0 Å². The smallest absolute Gasteiger partial charge is 0.414 e. The highest BCUT2D eigenvalue weighted by Crippen LogP contribution is 2.35. The number of rotatable bonds is 3. The molecule has 114 valence electrons. The summed E-state index contributed by atoms with van der Waals surface area (Å²) in [6, 6.07) is 17.5. The van der Waals surface area contributed by atoms with Crippen molar-refractivity contribution in [1.82, 2.24) is 0 Å². The summed E-state index contributed by atoms with van der Waals surface area (Å²) in [5.74, 6) is 0. The number of anilines is 1. The predicted octanol–water partition coefficient (Wildman–Crippen LogP) is 3.92. The Bertz CT molecular complexity index is 642. The second-order valence-electron chi connectivity index (χ2n) is 5.26. The molecular formula is C18H19NO3. The molecule has 1 aliphatic heterocycles. The van der Waals surface area contributed by atoms with Gasteiger partial charge in [0.1, 0.15) is 6.61 Å². The largest absolute Gasteiger partial charge is 0.444 e. The predicted molar refractivity (Wildman–Crippen MR) is 84.8 cm³/mol. The summed E-state index contributed by atoms with van der Waals surface area (Å²) in [5, 5.41) is 0. The lowest BCUT2D eigenvalue weighted by molar-refractivity contribution is 0.0913. The van der Waals surface area contributed by atoms with Crippen LogP contribution in [0, 0.1) is 0 Å². The van der Waals surface area contributed by atoms with Crippen molar-refractivity contribution in [2.75, 3.05) is 18.6 Å². The second kappa shape index (κ2) is 6.62. The fourth-order valence-electron chi connectivity index (χ4n) is 2.76. The molecule has 0 radical (unpaired) electrons. The van der Waals surface area contributed by atoms with Gasteiger partial charge in [0.25, 0.3) is 0 Å². The van der Waals surface area contributed by atoms with Crippen LogP contribution in [0.4, 0.5) is 10.5 Å². The summed E-state index contributed by atoms with van der Waals surface area (Å²) in [7, 11) is 1.70. The summed E-state index contributed by atoms with van der Waals surface area (Å²) >= 11 is 0. The van der Waals surface area contributed by atoms with Gasteiger partial charge in [0, 0.05) is 19.2 Å². The fourth-order valence-corrected chi connectivity index (χ4v) is 2.76. The first kappa shape index (κ1) is 14.6. The number of methoxy groups -OCH3 is 1. The molecule has 0 bridgehead atoms. The molecule has 1 amide bonds. The van der Waals surface area contributed by atoms with Crippen molar-refractivity contribution in [1.29, 1.82) is 0 Å². The molecule has 0 aliphatic carbocycles. The highest BCUT2D eigenvalue weighted by Gasteiger charge is 2.29. The van der Waals surface area contributed by atoms with Crippen LogP contribution in [0.2, 0.25) is 0 Å². The topological polar surface area (TPSA) is 38.8 Å². The second-order valence-corrected chi connectivity index (χ2v) is 5.26. The van der Waals surface area contributed by atoms with Gasteiger partial charge in [-0.05, 0) is 18.1 Å². The third kappa shape index (κ3) is 2.97. The Balaban J connectivity index is 1.73. The zero-order valence-corrected chi connectivity index (χ0v) is 12.6. The fraction of sp³-hybridized carbons (Fsp3) is 0.278. The molecule has 0 saturated carbocycles. The number of para-hydroxylation sites is 1. The Labute approximate surface area is 130 Å². The van der Waals surface area contributed by atoms with Gasteiger partial charge in [-0.1, -0.05) is 48.5 Å². The maximum Gasteiger partial charge on any atom is 0.414 e. The van der Waals surface area contributed by atoms with Crippen LogP contribution >= 0.6 is 0 Å². The third-order valence-electron chi connectivity index (χ3n) is 3.90. The van der Waals surface area contributed by atoms with Crippen LogP contribution in [0.1, 0.15) is 23.7 Å². The van der Waals surface area contributed by atoms with Gasteiger partial charge >= 0.3 is 6.09 Å². The van der Waals surface area contributed by atoms with Crippen molar-refractivity contribution >= 4 is 11.8 Å². The molecule has 4 nitrogen and oxygen atoms in total. The van der Waals surface area contributed by atoms with Crippen LogP contribution < -0.4 is 4.90 Å². The van der Waals surface area contributed by atoms with Crippen LogP contribution in [0.5, 0.6) is 0 Å². The first-order valence-electron chi connectivity index (χ1n) is 7.39. The van der Waals surface area contributed by atoms with Crippen LogP contribution in [0.25, 0.3) is 0 Å². The van der Waals surface area contributed by atoms with Crippen LogP contribution in [-0.2, 0) is 16.1 Å². The van der Waals surface area contributed by atoms with E-state index < -0.39 is 0 Å². The Hall–Kier alpha value is -2.33. The first-order valence-corrected chi connectivity index (χ1v) is 7.39. The molecule has 1 aliphatic rings. The molecule has 22 heavy (non-hydrogen) atoms. The summed E-state index contributed by atoms with van der Waals surface area (Å²) in [6.45, 7) is 0.884. The van der Waals surface area contributed by atoms with Crippen LogP contribution in [0.3, 0.4) is 0 Å². The number of hydrogen-bond acceptors (Lipinski definition) is 3. The van der Waals surface area contributed by atoms with Gasteiger partial charge in [-0.2, -0.15) is 0 Å². The number of carbonyl (C=O) groups is 1. The molecule has 0 aromatic heterocycles. The first-order chi connectivity index (χ1) is 10.8.